The summed E-state index contributed by atoms with van der Waals surface area (Å²) < 4.78 is -0.0672. The molecule has 14 heavy (non-hydrogen) atoms. The first kappa shape index (κ1) is 11.7. The molecule has 4 nitrogen and oxygen atoms in total. The van der Waals surface area contributed by atoms with E-state index in [1.807, 2.05) is 29.5 Å². The molecule has 2 N–H and O–H groups in total. The molecule has 1 saturated carbocycles. The van der Waals surface area contributed by atoms with Crippen LogP contribution < -0.4 is 0 Å². The lowest BCUT2D eigenvalue weighted by Gasteiger charge is -2.33. The predicted molar refractivity (Wildman–Crippen MR) is 58.5 cm³/mol. The number of carboxylic acids is 2. The zero-order valence-electron chi connectivity index (χ0n) is 7.81. The van der Waals surface area contributed by atoms with Crippen molar-refractivity contribution in [1.82, 2.24) is 0 Å². The van der Waals surface area contributed by atoms with Gasteiger partial charge in [-0.3, -0.25) is 9.59 Å². The Balaban J connectivity index is 2.71. The molecule has 0 aromatic heterocycles. The Kier molecular flexibility index (Phi) is 3.74. The number of alkyl halides is 1. The first-order chi connectivity index (χ1) is 6.43. The molecule has 0 aromatic carbocycles. The van der Waals surface area contributed by atoms with E-state index in [9.17, 15) is 9.59 Å². The summed E-state index contributed by atoms with van der Waals surface area (Å²) in [5.41, 5.74) is 0. The van der Waals surface area contributed by atoms with Gasteiger partial charge in [-0.2, -0.15) is 0 Å². The van der Waals surface area contributed by atoms with E-state index in [2.05, 4.69) is 0 Å². The maximum atomic E-state index is 10.8. The average molecular weight is 312 g/mol. The summed E-state index contributed by atoms with van der Waals surface area (Å²) in [6.07, 6.45) is 0.938. The van der Waals surface area contributed by atoms with Gasteiger partial charge in [-0.1, -0.05) is 29.5 Å². The Morgan fingerprint density at radius 1 is 1.14 bits per heavy atom. The monoisotopic (exact) mass is 312 g/mol. The van der Waals surface area contributed by atoms with Gasteiger partial charge in [0.2, 0.25) is 0 Å². The van der Waals surface area contributed by atoms with Crippen LogP contribution in [-0.2, 0) is 9.59 Å². The molecule has 0 radical (unpaired) electrons. The lowest BCUT2D eigenvalue weighted by atomic mass is 9.75. The third-order valence-electron chi connectivity index (χ3n) is 2.86. The maximum absolute atomic E-state index is 10.8. The number of aliphatic carboxylic acids is 2. The van der Waals surface area contributed by atoms with E-state index in [1.165, 1.54) is 0 Å². The summed E-state index contributed by atoms with van der Waals surface area (Å²) in [4.78, 5) is 21.7. The van der Waals surface area contributed by atoms with Crippen LogP contribution in [0, 0.1) is 17.8 Å². The second kappa shape index (κ2) is 4.46. The molecular formula is C9H13IO4. The van der Waals surface area contributed by atoms with Gasteiger partial charge in [0, 0.05) is 3.92 Å². The molecule has 1 fully saturated rings. The number of halogens is 1. The highest BCUT2D eigenvalue weighted by Gasteiger charge is 2.40. The van der Waals surface area contributed by atoms with Crippen LogP contribution in [0.15, 0.2) is 0 Å². The van der Waals surface area contributed by atoms with Crippen LogP contribution in [-0.4, -0.2) is 26.1 Å². The Labute approximate surface area is 95.8 Å². The smallest absolute Gasteiger partial charge is 0.307 e. The van der Waals surface area contributed by atoms with Gasteiger partial charge >= 0.3 is 11.9 Å². The highest BCUT2D eigenvalue weighted by atomic mass is 127. The van der Waals surface area contributed by atoms with Crippen molar-refractivity contribution in [3.05, 3.63) is 0 Å². The van der Waals surface area contributed by atoms with E-state index in [4.69, 9.17) is 10.2 Å². The number of hydrogen-bond acceptors (Lipinski definition) is 2. The molecule has 5 heteroatoms. The third-order valence-corrected chi connectivity index (χ3v) is 4.24. The SMILES string of the molecule is CC1CC(C(=O)O)C(I)CC1C(=O)O. The van der Waals surface area contributed by atoms with Crippen LogP contribution in [0.25, 0.3) is 0 Å². The molecule has 0 heterocycles. The van der Waals surface area contributed by atoms with Crippen molar-refractivity contribution in [2.75, 3.05) is 0 Å². The minimum atomic E-state index is -0.805. The molecule has 0 aromatic rings. The van der Waals surface area contributed by atoms with Gasteiger partial charge < -0.3 is 10.2 Å². The summed E-state index contributed by atoms with van der Waals surface area (Å²) in [5, 5.41) is 17.8. The largest absolute Gasteiger partial charge is 0.481 e. The number of rotatable bonds is 2. The summed E-state index contributed by atoms with van der Waals surface area (Å²) in [7, 11) is 0. The Hall–Kier alpha value is -0.330. The standard InChI is InChI=1S/C9H13IO4/c1-4-2-6(9(13)14)7(10)3-5(4)8(11)12/h4-7H,2-3H2,1H3,(H,11,12)(H,13,14). The number of carbonyl (C=O) groups is 2. The van der Waals surface area contributed by atoms with Crippen LogP contribution in [0.5, 0.6) is 0 Å². The first-order valence-electron chi connectivity index (χ1n) is 4.53. The van der Waals surface area contributed by atoms with Crippen LogP contribution in [0.1, 0.15) is 19.8 Å². The molecule has 0 spiro atoms. The van der Waals surface area contributed by atoms with Gasteiger partial charge in [-0.15, -0.1) is 0 Å². The van der Waals surface area contributed by atoms with E-state index in [-0.39, 0.29) is 21.7 Å². The highest BCUT2D eigenvalue weighted by molar-refractivity contribution is 14.1. The first-order valence-corrected chi connectivity index (χ1v) is 5.77. The Bertz CT molecular complexity index is 227. The fourth-order valence-corrected chi connectivity index (χ4v) is 3.10. The second-order valence-electron chi connectivity index (χ2n) is 3.85. The van der Waals surface area contributed by atoms with E-state index >= 15 is 0 Å². The van der Waals surface area contributed by atoms with E-state index in [0.29, 0.717) is 12.8 Å². The molecule has 4 atom stereocenters. The summed E-state index contributed by atoms with van der Waals surface area (Å²) >= 11 is 2.05. The van der Waals surface area contributed by atoms with Gasteiger partial charge in [0.25, 0.3) is 0 Å². The molecule has 0 bridgehead atoms. The van der Waals surface area contributed by atoms with Gasteiger partial charge in [0.05, 0.1) is 11.8 Å². The fraction of sp³-hybridized carbons (Fsp3) is 0.778. The molecule has 1 rings (SSSR count). The quantitative estimate of drug-likeness (QED) is 0.600. The summed E-state index contributed by atoms with van der Waals surface area (Å²) in [5.74, 6) is -2.42. The van der Waals surface area contributed by atoms with Crippen LogP contribution in [0.3, 0.4) is 0 Å². The van der Waals surface area contributed by atoms with Crippen LogP contribution in [0.2, 0.25) is 0 Å². The topological polar surface area (TPSA) is 74.6 Å². The Morgan fingerprint density at radius 2 is 1.64 bits per heavy atom. The maximum Gasteiger partial charge on any atom is 0.307 e. The van der Waals surface area contributed by atoms with Gasteiger partial charge in [0.15, 0.2) is 0 Å². The van der Waals surface area contributed by atoms with Crippen LogP contribution >= 0.6 is 22.6 Å². The fourth-order valence-electron chi connectivity index (χ4n) is 1.95. The normalized spacial score (nSPS) is 37.9. The summed E-state index contributed by atoms with van der Waals surface area (Å²) in [6.45, 7) is 1.82. The Morgan fingerprint density at radius 3 is 2.07 bits per heavy atom. The minimum Gasteiger partial charge on any atom is -0.481 e. The van der Waals surface area contributed by atoms with Crippen molar-refractivity contribution in [3.63, 3.8) is 0 Å². The van der Waals surface area contributed by atoms with Crippen molar-refractivity contribution in [3.8, 4) is 0 Å². The number of carboxylic acid groups (broad SMARTS) is 2. The van der Waals surface area contributed by atoms with Crippen molar-refractivity contribution in [2.45, 2.75) is 23.7 Å². The van der Waals surface area contributed by atoms with Gasteiger partial charge in [-0.05, 0) is 18.8 Å². The molecule has 4 unspecified atom stereocenters. The second-order valence-corrected chi connectivity index (χ2v) is 5.45. The molecule has 80 valence electrons. The molecule has 1 aliphatic rings. The average Bonchev–Trinajstić information content (AvgIpc) is 2.07. The highest BCUT2D eigenvalue weighted by Crippen LogP contribution is 2.38. The van der Waals surface area contributed by atoms with Crippen molar-refractivity contribution in [1.29, 1.82) is 0 Å². The lowest BCUT2D eigenvalue weighted by molar-refractivity contribution is -0.149. The van der Waals surface area contributed by atoms with E-state index in [1.54, 1.807) is 0 Å². The van der Waals surface area contributed by atoms with Crippen molar-refractivity contribution in [2.24, 2.45) is 17.8 Å². The molecule has 0 aliphatic heterocycles. The summed E-state index contributed by atoms with van der Waals surface area (Å²) in [6, 6.07) is 0. The molecule has 0 saturated heterocycles. The molecular weight excluding hydrogens is 299 g/mol. The molecule has 0 amide bonds. The zero-order chi connectivity index (χ0) is 10.9. The third kappa shape index (κ3) is 2.37. The lowest BCUT2D eigenvalue weighted by Crippen LogP contribution is -2.38. The minimum absolute atomic E-state index is 0.0420. The molecule has 1 aliphatic carbocycles. The van der Waals surface area contributed by atoms with Crippen LogP contribution in [0.4, 0.5) is 0 Å². The zero-order valence-corrected chi connectivity index (χ0v) is 9.97. The van der Waals surface area contributed by atoms with E-state index < -0.39 is 11.9 Å². The number of hydrogen-bond donors (Lipinski definition) is 2. The van der Waals surface area contributed by atoms with Crippen molar-refractivity contribution >= 4 is 34.5 Å². The predicted octanol–water partition coefficient (Wildman–Crippen LogP) is 1.62. The van der Waals surface area contributed by atoms with Crippen molar-refractivity contribution < 1.29 is 19.8 Å². The van der Waals surface area contributed by atoms with E-state index in [0.717, 1.165) is 0 Å². The van der Waals surface area contributed by atoms with Gasteiger partial charge in [-0.25, -0.2) is 0 Å². The van der Waals surface area contributed by atoms with Gasteiger partial charge in [0.1, 0.15) is 0 Å².